The third-order valence-corrected chi connectivity index (χ3v) is 3.53. The minimum Gasteiger partial charge on any atom is -0.311 e. The number of H-pyrrole nitrogens is 1. The lowest BCUT2D eigenvalue weighted by atomic mass is 10.1. The van der Waals surface area contributed by atoms with E-state index in [-0.39, 0.29) is 6.04 Å². The average molecular weight is 262 g/mol. The van der Waals surface area contributed by atoms with Crippen LogP contribution in [0.15, 0.2) is 18.5 Å². The first-order valence-corrected chi connectivity index (χ1v) is 6.85. The Kier molecular flexibility index (Phi) is 4.68. The fourth-order valence-corrected chi connectivity index (χ4v) is 2.29. The molecular formula is C13H22N6. The zero-order valence-corrected chi connectivity index (χ0v) is 11.8. The zero-order valence-electron chi connectivity index (χ0n) is 11.8. The second-order valence-electron chi connectivity index (χ2n) is 4.70. The Morgan fingerprint density at radius 2 is 2.16 bits per heavy atom. The van der Waals surface area contributed by atoms with Gasteiger partial charge in [-0.1, -0.05) is 13.8 Å². The van der Waals surface area contributed by atoms with Gasteiger partial charge in [-0.15, -0.1) is 0 Å². The topological polar surface area (TPSA) is 71.4 Å². The summed E-state index contributed by atoms with van der Waals surface area (Å²) in [7, 11) is 1.93. The first kappa shape index (κ1) is 13.7. The maximum Gasteiger partial charge on any atom is 0.0997 e. The summed E-state index contributed by atoms with van der Waals surface area (Å²) < 4.78 is 2.07. The molecule has 0 aromatic carbocycles. The van der Waals surface area contributed by atoms with Crippen molar-refractivity contribution in [2.75, 3.05) is 7.05 Å². The summed E-state index contributed by atoms with van der Waals surface area (Å²) in [4.78, 5) is 0. The van der Waals surface area contributed by atoms with Crippen molar-refractivity contribution in [1.82, 2.24) is 30.5 Å². The molecule has 2 aromatic heterocycles. The van der Waals surface area contributed by atoms with Crippen molar-refractivity contribution >= 4 is 0 Å². The Balaban J connectivity index is 2.06. The van der Waals surface area contributed by atoms with Crippen LogP contribution in [0.1, 0.15) is 50.2 Å². The smallest absolute Gasteiger partial charge is 0.0997 e. The van der Waals surface area contributed by atoms with Crippen LogP contribution in [0.2, 0.25) is 0 Å². The van der Waals surface area contributed by atoms with Crippen LogP contribution < -0.4 is 5.32 Å². The van der Waals surface area contributed by atoms with Gasteiger partial charge in [-0.2, -0.15) is 20.5 Å². The molecule has 1 atom stereocenters. The highest BCUT2D eigenvalue weighted by Gasteiger charge is 2.15. The number of rotatable bonds is 7. The minimum atomic E-state index is 0.142. The van der Waals surface area contributed by atoms with Gasteiger partial charge >= 0.3 is 0 Å². The Labute approximate surface area is 113 Å². The van der Waals surface area contributed by atoms with Gasteiger partial charge in [0.05, 0.1) is 29.7 Å². The molecule has 6 nitrogen and oxygen atoms in total. The molecule has 0 aliphatic rings. The van der Waals surface area contributed by atoms with Gasteiger partial charge in [0.25, 0.3) is 0 Å². The number of likely N-dealkylation sites (N-methyl/N-ethyl adjacent to an activating group) is 1. The zero-order chi connectivity index (χ0) is 13.7. The van der Waals surface area contributed by atoms with Crippen molar-refractivity contribution in [2.45, 2.75) is 45.2 Å². The lowest BCUT2D eigenvalue weighted by Gasteiger charge is -2.13. The summed E-state index contributed by atoms with van der Waals surface area (Å²) in [6, 6.07) is 2.72. The third kappa shape index (κ3) is 3.20. The molecule has 0 amide bonds. The Morgan fingerprint density at radius 3 is 2.74 bits per heavy atom. The van der Waals surface area contributed by atoms with Gasteiger partial charge in [0.15, 0.2) is 0 Å². The van der Waals surface area contributed by atoms with Crippen LogP contribution in [-0.4, -0.2) is 32.2 Å². The van der Waals surface area contributed by atoms with Crippen molar-refractivity contribution in [1.29, 1.82) is 0 Å². The molecule has 0 bridgehead atoms. The standard InChI is InChI=1S/C13H22N6/c1-4-11(5-2)19-7-6-10(17-19)8-12(14-3)13-9-15-18-16-13/h6-7,9,11-12,14H,4-5,8H2,1-3H3,(H,15,16,18). The van der Waals surface area contributed by atoms with Crippen LogP contribution in [0, 0.1) is 0 Å². The molecule has 2 rings (SSSR count). The SMILES string of the molecule is CCC(CC)n1ccc(CC(NC)c2cn[nH]n2)n1. The Hall–Kier alpha value is -1.69. The van der Waals surface area contributed by atoms with Gasteiger partial charge in [0, 0.05) is 12.6 Å². The maximum absolute atomic E-state index is 4.67. The van der Waals surface area contributed by atoms with Crippen LogP contribution in [0.4, 0.5) is 0 Å². The number of hydrogen-bond donors (Lipinski definition) is 2. The molecule has 104 valence electrons. The highest BCUT2D eigenvalue weighted by atomic mass is 15.3. The fourth-order valence-electron chi connectivity index (χ4n) is 2.29. The number of aromatic amines is 1. The molecule has 0 saturated heterocycles. The number of nitrogens with one attached hydrogen (secondary N) is 2. The predicted octanol–water partition coefficient (Wildman–Crippen LogP) is 1.87. The van der Waals surface area contributed by atoms with E-state index in [1.807, 2.05) is 7.05 Å². The van der Waals surface area contributed by atoms with E-state index in [1.165, 1.54) is 0 Å². The van der Waals surface area contributed by atoms with E-state index in [1.54, 1.807) is 6.20 Å². The van der Waals surface area contributed by atoms with Crippen LogP contribution in [0.5, 0.6) is 0 Å². The van der Waals surface area contributed by atoms with Crippen molar-refractivity contribution in [3.05, 3.63) is 29.8 Å². The molecule has 0 aliphatic heterocycles. The van der Waals surface area contributed by atoms with Gasteiger partial charge in [-0.25, -0.2) is 0 Å². The molecule has 0 saturated carbocycles. The normalized spacial score (nSPS) is 13.1. The number of hydrogen-bond acceptors (Lipinski definition) is 4. The van der Waals surface area contributed by atoms with E-state index in [4.69, 9.17) is 0 Å². The first-order chi connectivity index (χ1) is 9.28. The summed E-state index contributed by atoms with van der Waals surface area (Å²) in [5.74, 6) is 0. The highest BCUT2D eigenvalue weighted by molar-refractivity contribution is 5.08. The molecule has 0 radical (unpaired) electrons. The average Bonchev–Trinajstić information content (AvgIpc) is 3.09. The lowest BCUT2D eigenvalue weighted by molar-refractivity contribution is 0.423. The van der Waals surface area contributed by atoms with Gasteiger partial charge in [-0.05, 0) is 26.0 Å². The van der Waals surface area contributed by atoms with Crippen molar-refractivity contribution < 1.29 is 0 Å². The van der Waals surface area contributed by atoms with E-state index >= 15 is 0 Å². The first-order valence-electron chi connectivity index (χ1n) is 6.85. The fraction of sp³-hybridized carbons (Fsp3) is 0.615. The van der Waals surface area contributed by atoms with E-state index in [0.29, 0.717) is 6.04 Å². The van der Waals surface area contributed by atoms with Crippen molar-refractivity contribution in [2.24, 2.45) is 0 Å². The molecular weight excluding hydrogens is 240 g/mol. The monoisotopic (exact) mass is 262 g/mol. The van der Waals surface area contributed by atoms with Gasteiger partial charge < -0.3 is 5.32 Å². The maximum atomic E-state index is 4.67. The molecule has 1 unspecified atom stereocenters. The lowest BCUT2D eigenvalue weighted by Crippen LogP contribution is -2.19. The summed E-state index contributed by atoms with van der Waals surface area (Å²) >= 11 is 0. The van der Waals surface area contributed by atoms with Gasteiger partial charge in [0.2, 0.25) is 0 Å². The van der Waals surface area contributed by atoms with Gasteiger partial charge in [0.1, 0.15) is 0 Å². The van der Waals surface area contributed by atoms with Crippen LogP contribution in [0.3, 0.4) is 0 Å². The van der Waals surface area contributed by atoms with E-state index < -0.39 is 0 Å². The molecule has 6 heteroatoms. The van der Waals surface area contributed by atoms with Crippen LogP contribution >= 0.6 is 0 Å². The predicted molar refractivity (Wildman–Crippen MR) is 73.7 cm³/mol. The Morgan fingerprint density at radius 1 is 1.37 bits per heavy atom. The molecule has 0 spiro atoms. The molecule has 2 aromatic rings. The highest BCUT2D eigenvalue weighted by Crippen LogP contribution is 2.17. The summed E-state index contributed by atoms with van der Waals surface area (Å²) in [5, 5.41) is 18.5. The molecule has 2 heterocycles. The van der Waals surface area contributed by atoms with E-state index in [0.717, 1.165) is 30.7 Å². The number of nitrogens with zero attached hydrogens (tertiary/aromatic N) is 4. The quantitative estimate of drug-likeness (QED) is 0.799. The summed E-state index contributed by atoms with van der Waals surface area (Å²) in [6.07, 6.45) is 6.85. The van der Waals surface area contributed by atoms with E-state index in [2.05, 4.69) is 56.6 Å². The molecule has 0 aliphatic carbocycles. The van der Waals surface area contributed by atoms with Crippen LogP contribution in [0.25, 0.3) is 0 Å². The number of aromatic nitrogens is 5. The Bertz CT molecular complexity index is 471. The van der Waals surface area contributed by atoms with Crippen LogP contribution in [-0.2, 0) is 6.42 Å². The van der Waals surface area contributed by atoms with Crippen molar-refractivity contribution in [3.63, 3.8) is 0 Å². The molecule has 0 fully saturated rings. The second kappa shape index (κ2) is 6.47. The minimum absolute atomic E-state index is 0.142. The van der Waals surface area contributed by atoms with E-state index in [9.17, 15) is 0 Å². The third-order valence-electron chi connectivity index (χ3n) is 3.53. The van der Waals surface area contributed by atoms with Crippen molar-refractivity contribution in [3.8, 4) is 0 Å². The molecule has 2 N–H and O–H groups in total. The largest absolute Gasteiger partial charge is 0.311 e. The van der Waals surface area contributed by atoms with Gasteiger partial charge in [-0.3, -0.25) is 4.68 Å². The summed E-state index contributed by atoms with van der Waals surface area (Å²) in [5.41, 5.74) is 1.99. The summed E-state index contributed by atoms with van der Waals surface area (Å²) in [6.45, 7) is 4.39. The molecule has 19 heavy (non-hydrogen) atoms. The second-order valence-corrected chi connectivity index (χ2v) is 4.70.